The highest BCUT2D eigenvalue weighted by Gasteiger charge is 2.25. The molecule has 0 aliphatic rings. The summed E-state index contributed by atoms with van der Waals surface area (Å²) in [5.41, 5.74) is 0.179. The van der Waals surface area contributed by atoms with Crippen LogP contribution in [0.2, 0.25) is 0 Å². The summed E-state index contributed by atoms with van der Waals surface area (Å²) in [6.45, 7) is 5.41. The first-order chi connectivity index (χ1) is 12.5. The zero-order chi connectivity index (χ0) is 19.1. The Hall–Kier alpha value is -2.88. The Morgan fingerprint density at radius 3 is 2.35 bits per heavy atom. The van der Waals surface area contributed by atoms with Crippen LogP contribution >= 0.6 is 11.3 Å². The molecule has 26 heavy (non-hydrogen) atoms. The van der Waals surface area contributed by atoms with Crippen LogP contribution in [0.3, 0.4) is 0 Å². The van der Waals surface area contributed by atoms with Gasteiger partial charge in [0.25, 0.3) is 0 Å². The maximum Gasteiger partial charge on any atom is 0.513 e. The predicted octanol–water partition coefficient (Wildman–Crippen LogP) is 2.82. The van der Waals surface area contributed by atoms with Gasteiger partial charge in [0.15, 0.2) is 5.75 Å². The van der Waals surface area contributed by atoms with Crippen molar-refractivity contribution in [1.29, 1.82) is 0 Å². The highest BCUT2D eigenvalue weighted by molar-refractivity contribution is 7.12. The van der Waals surface area contributed by atoms with Gasteiger partial charge in [-0.15, -0.1) is 11.3 Å². The SMILES string of the molecule is CCOC(=O)Oc1cn(-c2ccsc2C(=O)OCC)nc1C(=O)OCC. The Kier molecular flexibility index (Phi) is 6.73. The molecule has 0 radical (unpaired) electrons. The molecule has 0 bridgehead atoms. The van der Waals surface area contributed by atoms with E-state index in [1.54, 1.807) is 32.2 Å². The van der Waals surface area contributed by atoms with Gasteiger partial charge in [0.2, 0.25) is 5.69 Å². The van der Waals surface area contributed by atoms with Crippen LogP contribution in [0.15, 0.2) is 17.6 Å². The van der Waals surface area contributed by atoms with Gasteiger partial charge in [-0.1, -0.05) is 0 Å². The average Bonchev–Trinajstić information content (AvgIpc) is 3.22. The van der Waals surface area contributed by atoms with E-state index in [1.807, 2.05) is 0 Å². The van der Waals surface area contributed by atoms with Crippen LogP contribution in [-0.2, 0) is 14.2 Å². The van der Waals surface area contributed by atoms with Crippen molar-refractivity contribution in [2.45, 2.75) is 20.8 Å². The van der Waals surface area contributed by atoms with Gasteiger partial charge in [0, 0.05) is 0 Å². The maximum atomic E-state index is 12.1. The lowest BCUT2D eigenvalue weighted by Crippen LogP contribution is -2.13. The van der Waals surface area contributed by atoms with E-state index in [4.69, 9.17) is 18.9 Å². The summed E-state index contributed by atoms with van der Waals surface area (Å²) in [6.07, 6.45) is 0.321. The highest BCUT2D eigenvalue weighted by atomic mass is 32.1. The molecule has 0 N–H and O–H groups in total. The molecule has 2 aromatic heterocycles. The number of hydrogen-bond acceptors (Lipinski definition) is 9. The number of aromatic nitrogens is 2. The molecule has 2 heterocycles. The first-order valence-electron chi connectivity index (χ1n) is 7.88. The molecule has 0 atom stereocenters. The van der Waals surface area contributed by atoms with Crippen molar-refractivity contribution in [3.8, 4) is 11.4 Å². The first kappa shape index (κ1) is 19.4. The van der Waals surface area contributed by atoms with E-state index < -0.39 is 18.1 Å². The molecule has 0 saturated heterocycles. The number of rotatable bonds is 7. The van der Waals surface area contributed by atoms with Crippen LogP contribution in [0.4, 0.5) is 4.79 Å². The minimum atomic E-state index is -0.978. The van der Waals surface area contributed by atoms with Gasteiger partial charge in [0.1, 0.15) is 4.88 Å². The Morgan fingerprint density at radius 1 is 1.04 bits per heavy atom. The van der Waals surface area contributed by atoms with Gasteiger partial charge < -0.3 is 18.9 Å². The average molecular weight is 382 g/mol. The van der Waals surface area contributed by atoms with E-state index in [1.165, 1.54) is 10.9 Å². The van der Waals surface area contributed by atoms with Crippen LogP contribution in [-0.4, -0.2) is 47.7 Å². The third-order valence-corrected chi connectivity index (χ3v) is 3.84. The Labute approximate surface area is 153 Å². The Balaban J connectivity index is 2.41. The van der Waals surface area contributed by atoms with Crippen LogP contribution in [0.25, 0.3) is 5.69 Å². The van der Waals surface area contributed by atoms with Gasteiger partial charge in [-0.3, -0.25) is 0 Å². The van der Waals surface area contributed by atoms with Gasteiger partial charge in [-0.2, -0.15) is 5.10 Å². The lowest BCUT2D eigenvalue weighted by molar-refractivity contribution is 0.0510. The van der Waals surface area contributed by atoms with Crippen molar-refractivity contribution < 1.29 is 33.3 Å². The number of carbonyl (C=O) groups excluding carboxylic acids is 3. The summed E-state index contributed by atoms with van der Waals surface area (Å²) in [4.78, 5) is 36.0. The van der Waals surface area contributed by atoms with Crippen molar-refractivity contribution in [3.05, 3.63) is 28.2 Å². The van der Waals surface area contributed by atoms with Gasteiger partial charge in [0.05, 0.1) is 31.7 Å². The standard InChI is InChI=1S/C16H18N2O7S/c1-4-22-14(19)12-11(25-16(21)24-6-3)9-18(17-12)10-7-8-26-13(10)15(20)23-5-2/h7-9H,4-6H2,1-3H3. The van der Waals surface area contributed by atoms with Gasteiger partial charge in [-0.05, 0) is 32.2 Å². The molecule has 0 aliphatic carbocycles. The molecule has 140 valence electrons. The quantitative estimate of drug-likeness (QED) is 0.532. The molecule has 0 fully saturated rings. The molecule has 10 heteroatoms. The second-order valence-electron chi connectivity index (χ2n) is 4.65. The topological polar surface area (TPSA) is 106 Å². The monoisotopic (exact) mass is 382 g/mol. The van der Waals surface area contributed by atoms with Crippen LogP contribution in [0.5, 0.6) is 5.75 Å². The molecule has 0 unspecified atom stereocenters. The fourth-order valence-corrected chi connectivity index (χ4v) is 2.74. The van der Waals surface area contributed by atoms with E-state index in [2.05, 4.69) is 5.10 Å². The minimum Gasteiger partial charge on any atom is -0.462 e. The molecule has 0 amide bonds. The van der Waals surface area contributed by atoms with Crippen molar-refractivity contribution in [3.63, 3.8) is 0 Å². The third kappa shape index (κ3) is 4.39. The van der Waals surface area contributed by atoms with Gasteiger partial charge >= 0.3 is 18.1 Å². The zero-order valence-corrected chi connectivity index (χ0v) is 15.3. The van der Waals surface area contributed by atoms with Crippen LogP contribution < -0.4 is 4.74 Å². The highest BCUT2D eigenvalue weighted by Crippen LogP contribution is 2.26. The fraction of sp³-hybridized carbons (Fsp3) is 0.375. The van der Waals surface area contributed by atoms with Crippen LogP contribution in [0, 0.1) is 0 Å². The van der Waals surface area contributed by atoms with Crippen molar-refractivity contribution >= 4 is 29.4 Å². The molecule has 2 aromatic rings. The fourth-order valence-electron chi connectivity index (χ4n) is 1.97. The van der Waals surface area contributed by atoms with E-state index in [9.17, 15) is 14.4 Å². The number of carbonyl (C=O) groups is 3. The second kappa shape index (κ2) is 8.99. The molecule has 0 spiro atoms. The zero-order valence-electron chi connectivity index (χ0n) is 14.5. The number of esters is 2. The minimum absolute atomic E-state index is 0.110. The molecule has 0 aromatic carbocycles. The van der Waals surface area contributed by atoms with Crippen LogP contribution in [0.1, 0.15) is 40.9 Å². The maximum absolute atomic E-state index is 12.1. The smallest absolute Gasteiger partial charge is 0.462 e. The summed E-state index contributed by atoms with van der Waals surface area (Å²) in [7, 11) is 0. The second-order valence-corrected chi connectivity index (χ2v) is 5.56. The van der Waals surface area contributed by atoms with E-state index in [0.29, 0.717) is 10.6 Å². The summed E-state index contributed by atoms with van der Waals surface area (Å²) < 4.78 is 20.9. The molecular weight excluding hydrogens is 364 g/mol. The molecule has 2 rings (SSSR count). The predicted molar refractivity (Wildman–Crippen MR) is 91.0 cm³/mol. The van der Waals surface area contributed by atoms with Crippen molar-refractivity contribution in [2.24, 2.45) is 0 Å². The largest absolute Gasteiger partial charge is 0.513 e. The van der Waals surface area contributed by atoms with E-state index in [-0.39, 0.29) is 31.3 Å². The van der Waals surface area contributed by atoms with E-state index in [0.717, 1.165) is 11.3 Å². The lowest BCUT2D eigenvalue weighted by atomic mass is 10.4. The molecule has 9 nitrogen and oxygen atoms in total. The number of nitrogens with zero attached hydrogens (tertiary/aromatic N) is 2. The Morgan fingerprint density at radius 2 is 1.69 bits per heavy atom. The molecular formula is C16H18N2O7S. The number of thiophene rings is 1. The molecule has 0 saturated carbocycles. The number of hydrogen-bond donors (Lipinski definition) is 0. The number of ether oxygens (including phenoxy) is 4. The van der Waals surface area contributed by atoms with Crippen molar-refractivity contribution in [2.75, 3.05) is 19.8 Å². The lowest BCUT2D eigenvalue weighted by Gasteiger charge is -2.03. The summed E-state index contributed by atoms with van der Waals surface area (Å²) in [6, 6.07) is 1.63. The normalized spacial score (nSPS) is 10.3. The first-order valence-corrected chi connectivity index (χ1v) is 8.76. The molecule has 0 aliphatic heterocycles. The summed E-state index contributed by atoms with van der Waals surface area (Å²) in [5.74, 6) is -1.42. The summed E-state index contributed by atoms with van der Waals surface area (Å²) >= 11 is 1.16. The Bertz CT molecular complexity index is 796. The third-order valence-electron chi connectivity index (χ3n) is 2.96. The van der Waals surface area contributed by atoms with Crippen molar-refractivity contribution in [1.82, 2.24) is 9.78 Å². The van der Waals surface area contributed by atoms with E-state index >= 15 is 0 Å². The van der Waals surface area contributed by atoms with Gasteiger partial charge in [-0.25, -0.2) is 19.1 Å². The summed E-state index contributed by atoms with van der Waals surface area (Å²) in [5, 5.41) is 5.78.